The first-order chi connectivity index (χ1) is 8.20. The highest BCUT2D eigenvalue weighted by Gasteiger charge is 2.43. The molecule has 3 atom stereocenters. The number of nitrogens with zero attached hydrogens (tertiary/aromatic N) is 1. The van der Waals surface area contributed by atoms with Crippen molar-refractivity contribution < 1.29 is 14.7 Å². The molecule has 1 saturated heterocycles. The van der Waals surface area contributed by atoms with Crippen LogP contribution in [0, 0.1) is 11.3 Å². The molecule has 1 amide bonds. The molecule has 0 aromatic rings. The smallest absolute Gasteiger partial charge is 0.326 e. The van der Waals surface area contributed by atoms with Crippen LogP contribution in [0.3, 0.4) is 0 Å². The minimum Gasteiger partial charge on any atom is -0.480 e. The van der Waals surface area contributed by atoms with Gasteiger partial charge >= 0.3 is 5.97 Å². The lowest BCUT2D eigenvalue weighted by atomic mass is 9.86. The maximum absolute atomic E-state index is 12.3. The number of amides is 1. The third kappa shape index (κ3) is 2.83. The zero-order valence-electron chi connectivity index (χ0n) is 11.6. The summed E-state index contributed by atoms with van der Waals surface area (Å²) in [6.45, 7) is 8.12. The van der Waals surface area contributed by atoms with E-state index < -0.39 is 18.1 Å². The van der Waals surface area contributed by atoms with E-state index in [2.05, 4.69) is 0 Å². The molecule has 1 aliphatic heterocycles. The second-order valence-corrected chi connectivity index (χ2v) is 6.12. The molecule has 1 rings (SSSR count). The van der Waals surface area contributed by atoms with E-state index in [0.29, 0.717) is 6.54 Å². The van der Waals surface area contributed by atoms with Crippen molar-refractivity contribution >= 4 is 11.9 Å². The van der Waals surface area contributed by atoms with Crippen LogP contribution in [0.25, 0.3) is 0 Å². The zero-order valence-corrected chi connectivity index (χ0v) is 11.6. The number of carbonyl (C=O) groups is 2. The van der Waals surface area contributed by atoms with Crippen molar-refractivity contribution in [3.05, 3.63) is 0 Å². The molecule has 1 aliphatic rings. The molecule has 0 aromatic carbocycles. The molecule has 18 heavy (non-hydrogen) atoms. The summed E-state index contributed by atoms with van der Waals surface area (Å²) >= 11 is 0. The van der Waals surface area contributed by atoms with Crippen molar-refractivity contribution in [3.8, 4) is 0 Å². The van der Waals surface area contributed by atoms with Gasteiger partial charge in [-0.3, -0.25) is 4.79 Å². The van der Waals surface area contributed by atoms with Gasteiger partial charge in [0.25, 0.3) is 0 Å². The Balaban J connectivity index is 2.89. The molecule has 1 heterocycles. The fourth-order valence-electron chi connectivity index (χ4n) is 2.42. The first-order valence-corrected chi connectivity index (χ1v) is 6.49. The molecule has 104 valence electrons. The number of aliphatic carboxylic acids is 1. The lowest BCUT2D eigenvalue weighted by molar-refractivity contribution is -0.151. The molecule has 0 aromatic heterocycles. The monoisotopic (exact) mass is 256 g/mol. The van der Waals surface area contributed by atoms with Crippen LogP contribution >= 0.6 is 0 Å². The number of rotatable bonds is 3. The average molecular weight is 256 g/mol. The van der Waals surface area contributed by atoms with E-state index in [1.165, 1.54) is 4.90 Å². The number of likely N-dealkylation sites (tertiary alicyclic amines) is 1. The van der Waals surface area contributed by atoms with Crippen LogP contribution in [-0.2, 0) is 9.59 Å². The molecule has 0 spiro atoms. The largest absolute Gasteiger partial charge is 0.480 e. The molecule has 5 heteroatoms. The number of nitrogens with two attached hydrogens (primary N) is 1. The van der Waals surface area contributed by atoms with Gasteiger partial charge in [-0.05, 0) is 17.8 Å². The third-order valence-electron chi connectivity index (χ3n) is 3.78. The minimum atomic E-state index is -0.922. The van der Waals surface area contributed by atoms with Gasteiger partial charge in [-0.1, -0.05) is 34.1 Å². The Labute approximate surface area is 108 Å². The predicted octanol–water partition coefficient (Wildman–Crippen LogP) is 1.07. The Bertz CT molecular complexity index is 336. The number of hydrogen-bond acceptors (Lipinski definition) is 3. The molecule has 1 unspecified atom stereocenters. The van der Waals surface area contributed by atoms with Gasteiger partial charge < -0.3 is 15.7 Å². The maximum Gasteiger partial charge on any atom is 0.326 e. The molecule has 0 bridgehead atoms. The minimum absolute atomic E-state index is 0.0404. The predicted molar refractivity (Wildman–Crippen MR) is 69.0 cm³/mol. The van der Waals surface area contributed by atoms with Gasteiger partial charge in [-0.2, -0.15) is 0 Å². The lowest BCUT2D eigenvalue weighted by Gasteiger charge is -2.32. The van der Waals surface area contributed by atoms with Crippen LogP contribution in [0.2, 0.25) is 0 Å². The first-order valence-electron chi connectivity index (χ1n) is 6.49. The van der Waals surface area contributed by atoms with Crippen molar-refractivity contribution in [2.45, 2.75) is 52.6 Å². The van der Waals surface area contributed by atoms with E-state index in [-0.39, 0.29) is 17.2 Å². The Morgan fingerprint density at radius 2 is 2.00 bits per heavy atom. The third-order valence-corrected chi connectivity index (χ3v) is 3.78. The summed E-state index contributed by atoms with van der Waals surface area (Å²) in [5.41, 5.74) is 5.58. The number of carboxylic acid groups (broad SMARTS) is 1. The Morgan fingerprint density at radius 1 is 1.44 bits per heavy atom. The molecule has 1 fully saturated rings. The van der Waals surface area contributed by atoms with Gasteiger partial charge in [-0.25, -0.2) is 4.79 Å². The number of carboxylic acids is 1. The highest BCUT2D eigenvalue weighted by atomic mass is 16.4. The normalized spacial score (nSPS) is 26.2. The van der Waals surface area contributed by atoms with Crippen LogP contribution in [0.15, 0.2) is 0 Å². The quantitative estimate of drug-likeness (QED) is 0.791. The SMILES string of the molecule is CC[C@@H]1CCN(C(=O)C(N)C(C)(C)C)[C@@H]1C(=O)O. The van der Waals surface area contributed by atoms with Crippen LogP contribution in [0.5, 0.6) is 0 Å². The van der Waals surface area contributed by atoms with Gasteiger partial charge in [-0.15, -0.1) is 0 Å². The van der Waals surface area contributed by atoms with Gasteiger partial charge in [0.15, 0.2) is 0 Å². The highest BCUT2D eigenvalue weighted by Crippen LogP contribution is 2.29. The van der Waals surface area contributed by atoms with Crippen molar-refractivity contribution in [3.63, 3.8) is 0 Å². The summed E-state index contributed by atoms with van der Waals surface area (Å²) in [4.78, 5) is 25.1. The molecule has 3 N–H and O–H groups in total. The molecule has 0 radical (unpaired) electrons. The van der Waals surface area contributed by atoms with E-state index in [4.69, 9.17) is 5.73 Å². The van der Waals surface area contributed by atoms with Gasteiger partial charge in [0.1, 0.15) is 6.04 Å². The Kier molecular flexibility index (Phi) is 4.37. The van der Waals surface area contributed by atoms with Crippen molar-refractivity contribution in [1.29, 1.82) is 0 Å². The first kappa shape index (κ1) is 15.0. The highest BCUT2D eigenvalue weighted by molar-refractivity contribution is 5.88. The second kappa shape index (κ2) is 5.26. The maximum atomic E-state index is 12.3. The van der Waals surface area contributed by atoms with Crippen LogP contribution < -0.4 is 5.73 Å². The number of hydrogen-bond donors (Lipinski definition) is 2. The van der Waals surface area contributed by atoms with E-state index in [1.807, 2.05) is 27.7 Å². The summed E-state index contributed by atoms with van der Waals surface area (Å²) in [5, 5.41) is 9.28. The molecule has 0 aliphatic carbocycles. The summed E-state index contributed by atoms with van der Waals surface area (Å²) in [6.07, 6.45) is 1.52. The summed E-state index contributed by atoms with van der Waals surface area (Å²) in [6, 6.07) is -1.37. The second-order valence-electron chi connectivity index (χ2n) is 6.12. The van der Waals surface area contributed by atoms with E-state index in [1.54, 1.807) is 0 Å². The fourth-order valence-corrected chi connectivity index (χ4v) is 2.42. The van der Waals surface area contributed by atoms with Crippen LogP contribution in [0.1, 0.15) is 40.5 Å². The van der Waals surface area contributed by atoms with Crippen LogP contribution in [-0.4, -0.2) is 40.5 Å². The summed E-state index contributed by atoms with van der Waals surface area (Å²) in [7, 11) is 0. The molecule has 5 nitrogen and oxygen atoms in total. The van der Waals surface area contributed by atoms with Gasteiger partial charge in [0.2, 0.25) is 5.91 Å². The zero-order chi connectivity index (χ0) is 14.1. The van der Waals surface area contributed by atoms with E-state index in [0.717, 1.165) is 12.8 Å². The van der Waals surface area contributed by atoms with Gasteiger partial charge in [0, 0.05) is 6.54 Å². The molecule has 0 saturated carbocycles. The van der Waals surface area contributed by atoms with Gasteiger partial charge in [0.05, 0.1) is 6.04 Å². The molecular weight excluding hydrogens is 232 g/mol. The lowest BCUT2D eigenvalue weighted by Crippen LogP contribution is -2.54. The van der Waals surface area contributed by atoms with Crippen molar-refractivity contribution in [1.82, 2.24) is 4.90 Å². The van der Waals surface area contributed by atoms with E-state index >= 15 is 0 Å². The Hall–Kier alpha value is -1.10. The Morgan fingerprint density at radius 3 is 2.39 bits per heavy atom. The molecular formula is C13H24N2O3. The summed E-state index contributed by atoms with van der Waals surface area (Å²) in [5.74, 6) is -1.13. The number of carbonyl (C=O) groups excluding carboxylic acids is 1. The fraction of sp³-hybridized carbons (Fsp3) is 0.846. The average Bonchev–Trinajstić information content (AvgIpc) is 2.69. The van der Waals surface area contributed by atoms with E-state index in [9.17, 15) is 14.7 Å². The topological polar surface area (TPSA) is 83.6 Å². The standard InChI is InChI=1S/C13H24N2O3/c1-5-8-6-7-15(9(8)12(17)18)11(16)10(14)13(2,3)4/h8-10H,5-7,14H2,1-4H3,(H,17,18)/t8-,9+,10?/m1/s1. The van der Waals surface area contributed by atoms with Crippen molar-refractivity contribution in [2.75, 3.05) is 6.54 Å². The van der Waals surface area contributed by atoms with Crippen LogP contribution in [0.4, 0.5) is 0 Å². The van der Waals surface area contributed by atoms with Crippen molar-refractivity contribution in [2.24, 2.45) is 17.1 Å². The summed E-state index contributed by atoms with van der Waals surface area (Å²) < 4.78 is 0.